The summed E-state index contributed by atoms with van der Waals surface area (Å²) < 4.78 is 12.0. The Kier molecular flexibility index (Phi) is 4.43. The lowest BCUT2D eigenvalue weighted by Crippen LogP contribution is -2.02. The smallest absolute Gasteiger partial charge is 0.339 e. The van der Waals surface area contributed by atoms with Crippen LogP contribution in [0.1, 0.15) is 16.1 Å². The minimum atomic E-state index is -1.02. The van der Waals surface area contributed by atoms with Gasteiger partial charge >= 0.3 is 5.97 Å². The van der Waals surface area contributed by atoms with E-state index in [9.17, 15) is 9.90 Å². The van der Waals surface area contributed by atoms with Crippen molar-refractivity contribution in [3.05, 3.63) is 59.8 Å². The van der Waals surface area contributed by atoms with E-state index in [1.165, 1.54) is 0 Å². The van der Waals surface area contributed by atoms with Crippen LogP contribution >= 0.6 is 0 Å². The van der Waals surface area contributed by atoms with Crippen LogP contribution < -0.4 is 9.47 Å². The van der Waals surface area contributed by atoms with Crippen molar-refractivity contribution in [2.45, 2.75) is 6.92 Å². The highest BCUT2D eigenvalue weighted by Crippen LogP contribution is 2.29. The van der Waals surface area contributed by atoms with Gasteiger partial charge in [0.15, 0.2) is 0 Å². The molecule has 2 aromatic carbocycles. The first kappa shape index (κ1) is 16.6. The molecule has 0 fully saturated rings. The van der Waals surface area contributed by atoms with E-state index in [1.807, 2.05) is 36.4 Å². The molecule has 6 nitrogen and oxygen atoms in total. The number of aromatic carboxylic acids is 1. The summed E-state index contributed by atoms with van der Waals surface area (Å²) >= 11 is 0. The quantitative estimate of drug-likeness (QED) is 0.770. The number of aromatic nitrogens is 2. The number of benzene rings is 2. The van der Waals surface area contributed by atoms with E-state index >= 15 is 0 Å². The van der Waals surface area contributed by atoms with E-state index in [0.717, 1.165) is 11.4 Å². The van der Waals surface area contributed by atoms with Crippen molar-refractivity contribution >= 4 is 5.97 Å². The van der Waals surface area contributed by atoms with Crippen molar-refractivity contribution < 1.29 is 19.4 Å². The molecule has 25 heavy (non-hydrogen) atoms. The molecule has 3 aromatic rings. The van der Waals surface area contributed by atoms with Crippen LogP contribution in [-0.2, 0) is 0 Å². The van der Waals surface area contributed by atoms with Crippen LogP contribution in [0.15, 0.2) is 48.5 Å². The number of nitrogens with zero attached hydrogens (tertiary/aromatic N) is 2. The molecule has 0 spiro atoms. The lowest BCUT2D eigenvalue weighted by atomic mass is 10.1. The highest BCUT2D eigenvalue weighted by atomic mass is 16.5. The first-order valence-corrected chi connectivity index (χ1v) is 7.67. The molecule has 0 aliphatic carbocycles. The molecule has 3 rings (SSSR count). The van der Waals surface area contributed by atoms with E-state index in [4.69, 9.17) is 9.47 Å². The Morgan fingerprint density at radius 3 is 2.32 bits per heavy atom. The second-order valence-corrected chi connectivity index (χ2v) is 5.46. The van der Waals surface area contributed by atoms with Gasteiger partial charge in [-0.3, -0.25) is 0 Å². The summed E-state index contributed by atoms with van der Waals surface area (Å²) in [5.74, 6) is 0.348. The first-order chi connectivity index (χ1) is 12.0. The molecule has 0 aliphatic rings. The fraction of sp³-hybridized carbons (Fsp3) is 0.158. The Morgan fingerprint density at radius 1 is 1.04 bits per heavy atom. The summed E-state index contributed by atoms with van der Waals surface area (Å²) in [5, 5.41) is 14.2. The van der Waals surface area contributed by atoms with Gasteiger partial charge in [-0.1, -0.05) is 12.1 Å². The third-order valence-corrected chi connectivity index (χ3v) is 3.99. The van der Waals surface area contributed by atoms with E-state index in [-0.39, 0.29) is 5.56 Å². The van der Waals surface area contributed by atoms with Gasteiger partial charge in [0.2, 0.25) is 0 Å². The molecule has 0 bridgehead atoms. The van der Waals surface area contributed by atoms with Gasteiger partial charge in [-0.15, -0.1) is 0 Å². The number of carbonyl (C=O) groups is 1. The summed E-state index contributed by atoms with van der Waals surface area (Å²) in [5.41, 5.74) is 2.57. The molecule has 0 amide bonds. The summed E-state index contributed by atoms with van der Waals surface area (Å²) in [6.45, 7) is 1.74. The summed E-state index contributed by atoms with van der Waals surface area (Å²) in [6.07, 6.45) is 0. The number of carboxylic acid groups (broad SMARTS) is 1. The van der Waals surface area contributed by atoms with Crippen molar-refractivity contribution in [2.24, 2.45) is 0 Å². The van der Waals surface area contributed by atoms with E-state index in [1.54, 1.807) is 38.0 Å². The molecule has 1 heterocycles. The van der Waals surface area contributed by atoms with Gasteiger partial charge in [-0.2, -0.15) is 5.10 Å². The van der Waals surface area contributed by atoms with Crippen molar-refractivity contribution in [2.75, 3.05) is 14.2 Å². The number of hydrogen-bond donors (Lipinski definition) is 1. The number of carboxylic acids is 1. The Balaban J connectivity index is 2.17. The van der Waals surface area contributed by atoms with Gasteiger partial charge < -0.3 is 14.6 Å². The molecule has 0 atom stereocenters. The van der Waals surface area contributed by atoms with Gasteiger partial charge in [0.05, 0.1) is 25.6 Å². The zero-order chi connectivity index (χ0) is 18.0. The van der Waals surface area contributed by atoms with E-state index < -0.39 is 5.97 Å². The number of ether oxygens (including phenoxy) is 2. The number of methoxy groups -OCH3 is 2. The number of hydrogen-bond acceptors (Lipinski definition) is 4. The maximum absolute atomic E-state index is 11.8. The Labute approximate surface area is 145 Å². The fourth-order valence-electron chi connectivity index (χ4n) is 2.71. The second kappa shape index (κ2) is 6.68. The minimum absolute atomic E-state index is 0.170. The minimum Gasteiger partial charge on any atom is -0.497 e. The highest BCUT2D eigenvalue weighted by molar-refractivity contribution is 5.96. The predicted molar refractivity (Wildman–Crippen MR) is 93.8 cm³/mol. The van der Waals surface area contributed by atoms with Crippen LogP contribution in [0, 0.1) is 6.92 Å². The Bertz CT molecular complexity index is 914. The second-order valence-electron chi connectivity index (χ2n) is 5.46. The topological polar surface area (TPSA) is 73.6 Å². The van der Waals surface area contributed by atoms with Gasteiger partial charge in [0.1, 0.15) is 22.8 Å². The van der Waals surface area contributed by atoms with E-state index in [2.05, 4.69) is 5.10 Å². The van der Waals surface area contributed by atoms with Crippen LogP contribution in [-0.4, -0.2) is 35.1 Å². The summed E-state index contributed by atoms with van der Waals surface area (Å²) in [7, 11) is 3.16. The third-order valence-electron chi connectivity index (χ3n) is 3.99. The maximum atomic E-state index is 11.8. The fourth-order valence-corrected chi connectivity index (χ4v) is 2.71. The van der Waals surface area contributed by atoms with Crippen molar-refractivity contribution in [1.29, 1.82) is 0 Å². The van der Waals surface area contributed by atoms with Crippen molar-refractivity contribution in [3.63, 3.8) is 0 Å². The van der Waals surface area contributed by atoms with Gasteiger partial charge in [-0.25, -0.2) is 9.48 Å². The lowest BCUT2D eigenvalue weighted by molar-refractivity contribution is 0.0697. The van der Waals surface area contributed by atoms with Crippen LogP contribution in [0.3, 0.4) is 0 Å². The van der Waals surface area contributed by atoms with E-state index in [0.29, 0.717) is 22.7 Å². The number of rotatable bonds is 5. The standard InChI is InChI=1S/C19H18N2O4/c1-12-17(19(22)23)18(13-5-4-6-16(11-13)25-3)20-21(12)14-7-9-15(24-2)10-8-14/h4-11H,1-3H3,(H,22,23). The predicted octanol–water partition coefficient (Wildman–Crippen LogP) is 3.56. The Hall–Kier alpha value is -3.28. The molecular formula is C19H18N2O4. The average molecular weight is 338 g/mol. The van der Waals surface area contributed by atoms with Crippen LogP contribution in [0.2, 0.25) is 0 Å². The molecular weight excluding hydrogens is 320 g/mol. The normalized spacial score (nSPS) is 10.5. The molecule has 0 radical (unpaired) electrons. The molecule has 0 aliphatic heterocycles. The molecule has 0 unspecified atom stereocenters. The zero-order valence-corrected chi connectivity index (χ0v) is 14.2. The Morgan fingerprint density at radius 2 is 1.72 bits per heavy atom. The monoisotopic (exact) mass is 338 g/mol. The highest BCUT2D eigenvalue weighted by Gasteiger charge is 2.22. The SMILES string of the molecule is COc1ccc(-n2nc(-c3cccc(OC)c3)c(C(=O)O)c2C)cc1. The average Bonchev–Trinajstić information content (AvgIpc) is 2.99. The van der Waals surface area contributed by atoms with Crippen molar-refractivity contribution in [3.8, 4) is 28.4 Å². The third kappa shape index (κ3) is 3.06. The summed E-state index contributed by atoms with van der Waals surface area (Å²) in [4.78, 5) is 11.8. The van der Waals surface area contributed by atoms with Gasteiger partial charge in [0.25, 0.3) is 0 Å². The lowest BCUT2D eigenvalue weighted by Gasteiger charge is -2.05. The molecule has 128 valence electrons. The maximum Gasteiger partial charge on any atom is 0.339 e. The van der Waals surface area contributed by atoms with Gasteiger partial charge in [-0.05, 0) is 43.3 Å². The molecule has 0 saturated carbocycles. The molecule has 1 aromatic heterocycles. The molecule has 0 saturated heterocycles. The van der Waals surface area contributed by atoms with Crippen LogP contribution in [0.5, 0.6) is 11.5 Å². The van der Waals surface area contributed by atoms with Gasteiger partial charge in [0, 0.05) is 5.56 Å². The van der Waals surface area contributed by atoms with Crippen molar-refractivity contribution in [1.82, 2.24) is 9.78 Å². The molecule has 1 N–H and O–H groups in total. The zero-order valence-electron chi connectivity index (χ0n) is 14.2. The summed E-state index contributed by atoms with van der Waals surface area (Å²) in [6, 6.07) is 14.5. The van der Waals surface area contributed by atoms with Crippen LogP contribution in [0.25, 0.3) is 16.9 Å². The first-order valence-electron chi connectivity index (χ1n) is 7.67. The largest absolute Gasteiger partial charge is 0.497 e. The van der Waals surface area contributed by atoms with Crippen LogP contribution in [0.4, 0.5) is 0 Å². The molecule has 6 heteroatoms.